The van der Waals surface area contributed by atoms with Crippen LogP contribution in [0.15, 0.2) is 10.6 Å². The average Bonchev–Trinajstić information content (AvgIpc) is 3.44. The Kier molecular flexibility index (Phi) is 6.06. The Labute approximate surface area is 190 Å². The molecule has 1 aromatic rings. The lowest BCUT2D eigenvalue weighted by atomic mass is 9.99. The fraction of sp³-hybridized carbons (Fsp3) is 0.818. The van der Waals surface area contributed by atoms with Crippen LogP contribution >= 0.6 is 0 Å². The van der Waals surface area contributed by atoms with E-state index in [4.69, 9.17) is 4.52 Å². The number of hydrogen-bond acceptors (Lipinski definition) is 6. The maximum absolute atomic E-state index is 13.5. The summed E-state index contributed by atoms with van der Waals surface area (Å²) in [6.07, 6.45) is 6.99. The molecule has 2 bridgehead atoms. The van der Waals surface area contributed by atoms with Crippen molar-refractivity contribution in [2.75, 3.05) is 26.7 Å². The number of nitrogens with one attached hydrogen (secondary N) is 1. The molecule has 5 rings (SSSR count). The molecule has 0 aromatic carbocycles. The first-order valence-corrected chi connectivity index (χ1v) is 13.5. The first kappa shape index (κ1) is 22.3. The van der Waals surface area contributed by atoms with Gasteiger partial charge in [-0.2, -0.15) is 17.0 Å². The molecule has 0 radical (unpaired) electrons. The smallest absolute Gasteiger partial charge is 0.282 e. The van der Waals surface area contributed by atoms with Crippen LogP contribution < -0.4 is 5.32 Å². The van der Waals surface area contributed by atoms with Gasteiger partial charge in [0.05, 0.1) is 0 Å². The first-order chi connectivity index (χ1) is 15.4. The zero-order chi connectivity index (χ0) is 22.5. The molecule has 9 nitrogen and oxygen atoms in total. The molecule has 178 valence electrons. The number of nitrogens with zero attached hydrogens (tertiary/aromatic N) is 4. The van der Waals surface area contributed by atoms with Crippen molar-refractivity contribution in [1.82, 2.24) is 24.0 Å². The van der Waals surface area contributed by atoms with E-state index in [1.165, 1.54) is 0 Å². The maximum atomic E-state index is 13.5. The largest absolute Gasteiger partial charge is 0.360 e. The van der Waals surface area contributed by atoms with Gasteiger partial charge in [-0.15, -0.1) is 0 Å². The highest BCUT2D eigenvalue weighted by atomic mass is 32.2. The summed E-state index contributed by atoms with van der Waals surface area (Å²) in [4.78, 5) is 15.0. The molecule has 1 N–H and O–H groups in total. The highest BCUT2D eigenvalue weighted by Gasteiger charge is 2.49. The Morgan fingerprint density at radius 1 is 1.16 bits per heavy atom. The molecule has 1 aromatic heterocycles. The van der Waals surface area contributed by atoms with Gasteiger partial charge in [-0.3, -0.25) is 4.79 Å². The monoisotopic (exact) mass is 465 g/mol. The molecule has 1 amide bonds. The van der Waals surface area contributed by atoms with Crippen molar-refractivity contribution in [3.8, 4) is 0 Å². The summed E-state index contributed by atoms with van der Waals surface area (Å²) >= 11 is 0. The van der Waals surface area contributed by atoms with Crippen LogP contribution in [0, 0.1) is 0 Å². The van der Waals surface area contributed by atoms with E-state index < -0.39 is 10.2 Å². The maximum Gasteiger partial charge on any atom is 0.282 e. The second-order valence-electron chi connectivity index (χ2n) is 9.96. The van der Waals surface area contributed by atoms with E-state index in [0.29, 0.717) is 43.6 Å². The molecule has 2 atom stereocenters. The van der Waals surface area contributed by atoms with Crippen molar-refractivity contribution >= 4 is 16.1 Å². The number of hydrogen-bond donors (Lipinski definition) is 1. The lowest BCUT2D eigenvalue weighted by molar-refractivity contribution is 0.0896. The highest BCUT2D eigenvalue weighted by molar-refractivity contribution is 7.86. The van der Waals surface area contributed by atoms with Crippen LogP contribution in [-0.4, -0.2) is 83.8 Å². The van der Waals surface area contributed by atoms with Crippen molar-refractivity contribution in [2.45, 2.75) is 88.4 Å². The van der Waals surface area contributed by atoms with E-state index in [-0.39, 0.29) is 24.0 Å². The predicted octanol–water partition coefficient (Wildman–Crippen LogP) is 1.94. The van der Waals surface area contributed by atoms with Gasteiger partial charge in [0.15, 0.2) is 5.69 Å². The van der Waals surface area contributed by atoms with Crippen LogP contribution in [0.3, 0.4) is 0 Å². The molecule has 0 spiro atoms. The molecule has 1 aliphatic carbocycles. The Morgan fingerprint density at radius 2 is 1.81 bits per heavy atom. The molecule has 3 aliphatic heterocycles. The van der Waals surface area contributed by atoms with Crippen LogP contribution in [0.2, 0.25) is 0 Å². The van der Waals surface area contributed by atoms with Gasteiger partial charge in [-0.05, 0) is 65.0 Å². The van der Waals surface area contributed by atoms with E-state index in [0.717, 1.165) is 50.8 Å². The zero-order valence-corrected chi connectivity index (χ0v) is 19.9. The summed E-state index contributed by atoms with van der Waals surface area (Å²) in [6, 6.07) is 2.09. The van der Waals surface area contributed by atoms with Gasteiger partial charge >= 0.3 is 0 Å². The highest BCUT2D eigenvalue weighted by Crippen LogP contribution is 2.41. The molecule has 1 saturated carbocycles. The second kappa shape index (κ2) is 8.70. The fourth-order valence-corrected chi connectivity index (χ4v) is 7.83. The summed E-state index contributed by atoms with van der Waals surface area (Å²) in [7, 11) is -1.36. The topological polar surface area (TPSA) is 99.0 Å². The Hall–Kier alpha value is -1.49. The van der Waals surface area contributed by atoms with E-state index in [1.807, 2.05) is 0 Å². The van der Waals surface area contributed by atoms with Crippen molar-refractivity contribution in [3.05, 3.63) is 17.5 Å². The number of carbonyl (C=O) groups excluding carboxylic acids is 1. The minimum absolute atomic E-state index is 0.0311. The van der Waals surface area contributed by atoms with Gasteiger partial charge in [0.2, 0.25) is 0 Å². The van der Waals surface area contributed by atoms with Gasteiger partial charge < -0.3 is 14.7 Å². The summed E-state index contributed by atoms with van der Waals surface area (Å²) in [5, 5.41) is 7.02. The number of piperidine rings is 2. The van der Waals surface area contributed by atoms with E-state index in [2.05, 4.69) is 29.3 Å². The molecule has 32 heavy (non-hydrogen) atoms. The molecule has 0 unspecified atom stereocenters. The van der Waals surface area contributed by atoms with Crippen LogP contribution in [0.5, 0.6) is 0 Å². The normalized spacial score (nSPS) is 30.2. The number of carbonyl (C=O) groups is 1. The summed E-state index contributed by atoms with van der Waals surface area (Å²) < 4.78 is 35.8. The molecule has 4 heterocycles. The zero-order valence-electron chi connectivity index (χ0n) is 19.1. The van der Waals surface area contributed by atoms with Gasteiger partial charge in [0.25, 0.3) is 16.1 Å². The standard InChI is InChI=1S/C22H35N5O4S/c1-3-25(2)17-8-10-26(11-9-17)32(29,30)27-18-6-7-19(27)13-16(12-18)23-22(28)20-14-21(31-24-20)15-4-5-15/h14-19H,3-13H2,1-2H3,(H,23,28)/t18-,19-/m0/s1. The SMILES string of the molecule is CCN(C)C1CCN(S(=O)(=O)N2[C@H]3CC[C@H]2CC(NC(=O)c2cc(C4CC4)on2)C3)CC1. The van der Waals surface area contributed by atoms with Gasteiger partial charge in [-0.1, -0.05) is 12.1 Å². The van der Waals surface area contributed by atoms with Gasteiger partial charge in [0.1, 0.15) is 5.76 Å². The third kappa shape index (κ3) is 4.22. The molecule has 3 saturated heterocycles. The van der Waals surface area contributed by atoms with Gasteiger partial charge in [0, 0.05) is 49.2 Å². The van der Waals surface area contributed by atoms with Crippen molar-refractivity contribution in [3.63, 3.8) is 0 Å². The molecule has 4 aliphatic rings. The van der Waals surface area contributed by atoms with Gasteiger partial charge in [-0.25, -0.2) is 0 Å². The van der Waals surface area contributed by atoms with E-state index in [9.17, 15) is 13.2 Å². The Bertz CT molecular complexity index is 924. The minimum Gasteiger partial charge on any atom is -0.360 e. The number of fused-ring (bicyclic) bond motifs is 2. The summed E-state index contributed by atoms with van der Waals surface area (Å²) in [6.45, 7) is 4.29. The predicted molar refractivity (Wildman–Crippen MR) is 119 cm³/mol. The van der Waals surface area contributed by atoms with E-state index in [1.54, 1.807) is 14.7 Å². The Balaban J connectivity index is 1.19. The summed E-state index contributed by atoms with van der Waals surface area (Å²) in [5.74, 6) is 0.995. The number of amides is 1. The van der Waals surface area contributed by atoms with Crippen molar-refractivity contribution in [2.24, 2.45) is 0 Å². The molecule has 4 fully saturated rings. The molecular formula is C22H35N5O4S. The first-order valence-electron chi connectivity index (χ1n) is 12.1. The fourth-order valence-electron chi connectivity index (χ4n) is 5.75. The molecule has 10 heteroatoms. The van der Waals surface area contributed by atoms with Crippen LogP contribution in [-0.2, 0) is 10.2 Å². The number of aromatic nitrogens is 1. The minimum atomic E-state index is -3.47. The molecular weight excluding hydrogens is 430 g/mol. The lowest BCUT2D eigenvalue weighted by Crippen LogP contribution is -2.57. The number of rotatable bonds is 7. The van der Waals surface area contributed by atoms with Crippen LogP contribution in [0.25, 0.3) is 0 Å². The lowest BCUT2D eigenvalue weighted by Gasteiger charge is -2.42. The summed E-state index contributed by atoms with van der Waals surface area (Å²) in [5.41, 5.74) is 0.328. The second-order valence-corrected chi connectivity index (χ2v) is 11.8. The average molecular weight is 466 g/mol. The third-order valence-corrected chi connectivity index (χ3v) is 10.0. The third-order valence-electron chi connectivity index (χ3n) is 7.88. The quantitative estimate of drug-likeness (QED) is 0.661. The van der Waals surface area contributed by atoms with Crippen LogP contribution in [0.4, 0.5) is 0 Å². The van der Waals surface area contributed by atoms with Crippen molar-refractivity contribution < 1.29 is 17.7 Å². The van der Waals surface area contributed by atoms with Crippen LogP contribution in [0.1, 0.15) is 80.5 Å². The Morgan fingerprint density at radius 3 is 2.41 bits per heavy atom. The van der Waals surface area contributed by atoms with Crippen molar-refractivity contribution in [1.29, 1.82) is 0 Å². The van der Waals surface area contributed by atoms with E-state index >= 15 is 0 Å².